The third-order valence-corrected chi connectivity index (χ3v) is 5.29. The monoisotopic (exact) mass is 370 g/mol. The van der Waals surface area contributed by atoms with E-state index in [9.17, 15) is 0 Å². The Balaban J connectivity index is 0.000000487. The van der Waals surface area contributed by atoms with Crippen LogP contribution in [-0.2, 0) is 9.59 Å². The maximum atomic E-state index is 9.10. The van der Waals surface area contributed by atoms with Gasteiger partial charge in [0.1, 0.15) is 0 Å². The fourth-order valence-electron chi connectivity index (χ4n) is 5.47. The molecule has 6 heteroatoms. The number of hydrogen-bond donors (Lipinski definition) is 4. The third kappa shape index (κ3) is 7.23. The summed E-state index contributed by atoms with van der Waals surface area (Å²) in [7, 11) is 0. The molecule has 0 saturated carbocycles. The second-order valence-electron chi connectivity index (χ2n) is 10.7. The van der Waals surface area contributed by atoms with Gasteiger partial charge in [-0.05, 0) is 92.9 Å². The van der Waals surface area contributed by atoms with E-state index in [2.05, 4.69) is 66.0 Å². The summed E-state index contributed by atoms with van der Waals surface area (Å²) >= 11 is 0. The first-order chi connectivity index (χ1) is 11.4. The Hall–Kier alpha value is -1.14. The Morgan fingerprint density at radius 1 is 0.615 bits per heavy atom. The van der Waals surface area contributed by atoms with Gasteiger partial charge in [0.05, 0.1) is 0 Å². The molecule has 0 atom stereocenters. The lowest BCUT2D eigenvalue weighted by atomic mass is 9.63. The summed E-state index contributed by atoms with van der Waals surface area (Å²) in [5.74, 6) is -1.95. The van der Waals surface area contributed by atoms with E-state index in [0.29, 0.717) is 0 Å². The normalized spacial score (nSPS) is 27.1. The fourth-order valence-corrected chi connectivity index (χ4v) is 5.47. The molecule has 0 aromatic heterocycles. The van der Waals surface area contributed by atoms with Crippen molar-refractivity contribution < 1.29 is 19.8 Å². The second kappa shape index (κ2) is 7.47. The first kappa shape index (κ1) is 22.9. The molecule has 0 radical (unpaired) electrons. The van der Waals surface area contributed by atoms with Gasteiger partial charge in [-0.1, -0.05) is 0 Å². The minimum absolute atomic E-state index is 0.269. The van der Waals surface area contributed by atoms with Gasteiger partial charge in [0.15, 0.2) is 0 Å². The molecule has 2 fully saturated rings. The zero-order chi connectivity index (χ0) is 20.6. The van der Waals surface area contributed by atoms with Crippen molar-refractivity contribution in [1.29, 1.82) is 0 Å². The van der Waals surface area contributed by atoms with Gasteiger partial charge in [0, 0.05) is 22.2 Å². The van der Waals surface area contributed by atoms with Crippen molar-refractivity contribution in [2.24, 2.45) is 11.8 Å². The van der Waals surface area contributed by atoms with Gasteiger partial charge in [-0.2, -0.15) is 0 Å². The van der Waals surface area contributed by atoms with E-state index in [1.807, 2.05) is 0 Å². The van der Waals surface area contributed by atoms with Crippen LogP contribution >= 0.6 is 0 Å². The maximum Gasteiger partial charge on any atom is 0.414 e. The summed E-state index contributed by atoms with van der Waals surface area (Å²) in [6.45, 7) is 19.0. The van der Waals surface area contributed by atoms with Gasteiger partial charge in [-0.3, -0.25) is 0 Å². The van der Waals surface area contributed by atoms with Gasteiger partial charge in [0.2, 0.25) is 0 Å². The van der Waals surface area contributed by atoms with E-state index in [4.69, 9.17) is 19.8 Å². The lowest BCUT2D eigenvalue weighted by molar-refractivity contribution is -0.159. The number of hydrogen-bond acceptors (Lipinski definition) is 4. The molecule has 0 amide bonds. The van der Waals surface area contributed by atoms with Crippen LogP contribution in [0.1, 0.15) is 81.1 Å². The molecule has 4 N–H and O–H groups in total. The van der Waals surface area contributed by atoms with E-state index >= 15 is 0 Å². The Kier molecular flexibility index (Phi) is 6.58. The molecule has 0 aliphatic carbocycles. The quantitative estimate of drug-likeness (QED) is 0.529. The molecule has 2 saturated heterocycles. The maximum absolute atomic E-state index is 9.10. The molecular formula is C20H38N2O4. The van der Waals surface area contributed by atoms with Gasteiger partial charge in [-0.25, -0.2) is 9.59 Å². The molecule has 0 unspecified atom stereocenters. The van der Waals surface area contributed by atoms with Crippen LogP contribution in [0.25, 0.3) is 0 Å². The van der Waals surface area contributed by atoms with Crippen LogP contribution < -0.4 is 10.6 Å². The first-order valence-electron chi connectivity index (χ1n) is 9.49. The summed E-state index contributed by atoms with van der Waals surface area (Å²) in [6.07, 6.45) is 5.25. The number of piperidine rings is 2. The molecule has 26 heavy (non-hydrogen) atoms. The van der Waals surface area contributed by atoms with Crippen molar-refractivity contribution in [1.82, 2.24) is 10.6 Å². The molecule has 0 aromatic rings. The fraction of sp³-hybridized carbons (Fsp3) is 0.900. The van der Waals surface area contributed by atoms with Crippen LogP contribution in [0, 0.1) is 11.8 Å². The summed E-state index contributed by atoms with van der Waals surface area (Å²) in [6, 6.07) is 0. The number of rotatable bonds is 1. The number of carbonyl (C=O) groups is 2. The minimum Gasteiger partial charge on any atom is -0.473 e. The molecule has 0 aromatic carbocycles. The van der Waals surface area contributed by atoms with Crippen LogP contribution in [0.4, 0.5) is 0 Å². The van der Waals surface area contributed by atoms with Crippen molar-refractivity contribution in [3.05, 3.63) is 0 Å². The highest BCUT2D eigenvalue weighted by atomic mass is 16.4. The topological polar surface area (TPSA) is 98.7 Å². The summed E-state index contributed by atoms with van der Waals surface area (Å²) in [5, 5.41) is 22.4. The molecule has 2 aliphatic rings. The second-order valence-corrected chi connectivity index (χ2v) is 10.7. The van der Waals surface area contributed by atoms with Gasteiger partial charge in [0.25, 0.3) is 0 Å². The molecule has 0 bridgehead atoms. The van der Waals surface area contributed by atoms with E-state index in [1.165, 1.54) is 25.7 Å². The molecular weight excluding hydrogens is 332 g/mol. The van der Waals surface area contributed by atoms with Crippen molar-refractivity contribution in [2.75, 3.05) is 0 Å². The van der Waals surface area contributed by atoms with Crippen LogP contribution in [0.5, 0.6) is 0 Å². The minimum atomic E-state index is -1.82. The highest BCUT2D eigenvalue weighted by Crippen LogP contribution is 2.44. The predicted octanol–water partition coefficient (Wildman–Crippen LogP) is 3.26. The van der Waals surface area contributed by atoms with Gasteiger partial charge in [-0.15, -0.1) is 0 Å². The highest BCUT2D eigenvalue weighted by Gasteiger charge is 2.45. The Bertz CT molecular complexity index is 458. The van der Waals surface area contributed by atoms with E-state index in [1.54, 1.807) is 0 Å². The zero-order valence-corrected chi connectivity index (χ0v) is 17.7. The molecule has 152 valence electrons. The van der Waals surface area contributed by atoms with Crippen LogP contribution in [0.15, 0.2) is 0 Å². The summed E-state index contributed by atoms with van der Waals surface area (Å²) in [4.78, 5) is 18.2. The van der Waals surface area contributed by atoms with Crippen LogP contribution in [0.3, 0.4) is 0 Å². The number of aliphatic carboxylic acids is 2. The Morgan fingerprint density at radius 2 is 0.808 bits per heavy atom. The largest absolute Gasteiger partial charge is 0.473 e. The average molecular weight is 371 g/mol. The van der Waals surface area contributed by atoms with E-state index < -0.39 is 11.9 Å². The predicted molar refractivity (Wildman–Crippen MR) is 103 cm³/mol. The summed E-state index contributed by atoms with van der Waals surface area (Å²) < 4.78 is 0. The van der Waals surface area contributed by atoms with Crippen molar-refractivity contribution in [2.45, 2.75) is 103 Å². The Morgan fingerprint density at radius 3 is 0.962 bits per heavy atom. The Labute approximate surface area is 158 Å². The van der Waals surface area contributed by atoms with E-state index in [-0.39, 0.29) is 22.2 Å². The molecule has 2 aliphatic heterocycles. The molecule has 0 spiro atoms. The van der Waals surface area contributed by atoms with Gasteiger partial charge < -0.3 is 20.8 Å². The summed E-state index contributed by atoms with van der Waals surface area (Å²) in [5.41, 5.74) is 1.08. The van der Waals surface area contributed by atoms with Crippen molar-refractivity contribution in [3.8, 4) is 0 Å². The standard InChI is InChI=1S/C18H36N2.C2H2O4/c1-15(2)9-13(10-16(3,4)19-15)14-11-17(5,6)20-18(7,8)12-14;3-1(4)2(5)6/h13-14,19-20H,9-12H2,1-8H3;(H,3,4)(H,5,6). The number of carboxylic acid groups (broad SMARTS) is 2. The molecule has 2 heterocycles. The van der Waals surface area contributed by atoms with Crippen LogP contribution in [0.2, 0.25) is 0 Å². The van der Waals surface area contributed by atoms with Crippen molar-refractivity contribution >= 4 is 11.9 Å². The zero-order valence-electron chi connectivity index (χ0n) is 17.7. The lowest BCUT2D eigenvalue weighted by Gasteiger charge is -2.54. The smallest absolute Gasteiger partial charge is 0.414 e. The average Bonchev–Trinajstić information content (AvgIpc) is 2.31. The van der Waals surface area contributed by atoms with Gasteiger partial charge >= 0.3 is 11.9 Å². The lowest BCUT2D eigenvalue weighted by Crippen LogP contribution is -2.62. The number of carboxylic acids is 2. The van der Waals surface area contributed by atoms with E-state index in [0.717, 1.165) is 11.8 Å². The molecule has 2 rings (SSSR count). The van der Waals surface area contributed by atoms with Crippen molar-refractivity contribution in [3.63, 3.8) is 0 Å². The third-order valence-electron chi connectivity index (χ3n) is 5.29. The highest BCUT2D eigenvalue weighted by molar-refractivity contribution is 6.27. The SMILES string of the molecule is CC1(C)CC(C2CC(C)(C)NC(C)(C)C2)CC(C)(C)N1.O=C(O)C(=O)O. The first-order valence-corrected chi connectivity index (χ1v) is 9.49. The van der Waals surface area contributed by atoms with Crippen LogP contribution in [-0.4, -0.2) is 44.3 Å². The molecule has 6 nitrogen and oxygen atoms in total. The number of nitrogens with one attached hydrogen (secondary N) is 2.